The number of rotatable bonds is 2. The van der Waals surface area contributed by atoms with Crippen LogP contribution in [0.4, 0.5) is 5.69 Å². The first-order chi connectivity index (χ1) is 4.86. The maximum atomic E-state index is 5.02. The van der Waals surface area contributed by atoms with E-state index < -0.39 is 0 Å². The molecule has 0 saturated carbocycles. The molecule has 10 heavy (non-hydrogen) atoms. The third-order valence-corrected chi connectivity index (χ3v) is 1.36. The second-order valence-corrected chi connectivity index (χ2v) is 1.98. The van der Waals surface area contributed by atoms with Crippen molar-refractivity contribution >= 4 is 13.7 Å². The summed E-state index contributed by atoms with van der Waals surface area (Å²) in [5.74, 6) is 0.881. The Morgan fingerprint density at radius 3 is 2.90 bits per heavy atom. The van der Waals surface area contributed by atoms with Crippen molar-refractivity contribution in [2.24, 2.45) is 0 Å². The van der Waals surface area contributed by atoms with Crippen molar-refractivity contribution in [3.05, 3.63) is 24.3 Å². The molecule has 0 aliphatic carbocycles. The Kier molecular flexibility index (Phi) is 2.21. The molecular weight excluding hydrogens is 125 g/mol. The van der Waals surface area contributed by atoms with E-state index in [-0.39, 0.29) is 0 Å². The van der Waals surface area contributed by atoms with Gasteiger partial charge in [0.1, 0.15) is 5.75 Å². The van der Waals surface area contributed by atoms with Crippen LogP contribution in [0.2, 0.25) is 0 Å². The molecule has 1 aromatic carbocycles. The van der Waals surface area contributed by atoms with Crippen molar-refractivity contribution in [2.45, 2.75) is 0 Å². The molecule has 0 bridgehead atoms. The van der Waals surface area contributed by atoms with Crippen LogP contribution in [-0.2, 0) is 0 Å². The van der Waals surface area contributed by atoms with Crippen LogP contribution in [-0.4, -0.2) is 15.1 Å². The number of benzene rings is 1. The van der Waals surface area contributed by atoms with Gasteiger partial charge in [0, 0.05) is 11.8 Å². The highest BCUT2D eigenvalue weighted by Crippen LogP contribution is 2.15. The Labute approximate surface area is 61.6 Å². The second kappa shape index (κ2) is 3.15. The highest BCUT2D eigenvalue weighted by molar-refractivity contribution is 6.15. The molecule has 0 radical (unpaired) electrons. The van der Waals surface area contributed by atoms with E-state index in [9.17, 15) is 0 Å². The lowest BCUT2D eigenvalue weighted by molar-refractivity contribution is 0.415. The average Bonchev–Trinajstić information content (AvgIpc) is 2.05. The van der Waals surface area contributed by atoms with E-state index in [1.165, 1.54) is 0 Å². The SMILES string of the molecule is BNc1cccc(OC)c1. The summed E-state index contributed by atoms with van der Waals surface area (Å²) < 4.78 is 5.02. The number of ether oxygens (including phenoxy) is 1. The highest BCUT2D eigenvalue weighted by atomic mass is 16.5. The lowest BCUT2D eigenvalue weighted by Gasteiger charge is -2.02. The molecule has 1 N–H and O–H groups in total. The quantitative estimate of drug-likeness (QED) is 0.601. The van der Waals surface area contributed by atoms with Crippen LogP contribution in [0.25, 0.3) is 0 Å². The Hall–Kier alpha value is -1.12. The third kappa shape index (κ3) is 1.44. The normalized spacial score (nSPS) is 8.90. The van der Waals surface area contributed by atoms with Gasteiger partial charge < -0.3 is 9.96 Å². The van der Waals surface area contributed by atoms with Crippen LogP contribution < -0.4 is 9.96 Å². The van der Waals surface area contributed by atoms with Crippen molar-refractivity contribution in [2.75, 3.05) is 12.3 Å². The minimum atomic E-state index is 0.881. The molecular formula is C7H10BNO. The molecule has 0 unspecified atom stereocenters. The fraction of sp³-hybridized carbons (Fsp3) is 0.143. The number of methoxy groups -OCH3 is 1. The maximum absolute atomic E-state index is 5.02. The number of anilines is 1. The Balaban J connectivity index is 2.87. The van der Waals surface area contributed by atoms with Gasteiger partial charge in [-0.2, -0.15) is 0 Å². The standard InChI is InChI=1S/C7H10BNO/c1-10-7-4-2-3-6(5-7)9-8/h2-5,9H,8H2,1H3. The van der Waals surface area contributed by atoms with E-state index in [1.54, 1.807) is 7.11 Å². The number of nitrogens with one attached hydrogen (secondary N) is 1. The molecule has 52 valence electrons. The van der Waals surface area contributed by atoms with Gasteiger partial charge in [0.2, 0.25) is 7.98 Å². The van der Waals surface area contributed by atoms with Crippen molar-refractivity contribution in [3.63, 3.8) is 0 Å². The first-order valence-corrected chi connectivity index (χ1v) is 3.18. The molecule has 0 aromatic heterocycles. The highest BCUT2D eigenvalue weighted by Gasteiger charge is 1.89. The van der Waals surface area contributed by atoms with Crippen molar-refractivity contribution in [1.29, 1.82) is 0 Å². The topological polar surface area (TPSA) is 21.3 Å². The summed E-state index contributed by atoms with van der Waals surface area (Å²) in [4.78, 5) is 0. The van der Waals surface area contributed by atoms with Crippen LogP contribution >= 0.6 is 0 Å². The molecule has 0 atom stereocenters. The molecule has 0 aliphatic rings. The predicted octanol–water partition coefficient (Wildman–Crippen LogP) is 0.655. The van der Waals surface area contributed by atoms with E-state index in [4.69, 9.17) is 4.74 Å². The summed E-state index contributed by atoms with van der Waals surface area (Å²) in [6, 6.07) is 7.80. The van der Waals surface area contributed by atoms with Crippen LogP contribution in [0.15, 0.2) is 24.3 Å². The lowest BCUT2D eigenvalue weighted by atomic mass is 10.2. The molecule has 3 heteroatoms. The predicted molar refractivity (Wildman–Crippen MR) is 45.2 cm³/mol. The number of hydrogen-bond donors (Lipinski definition) is 1. The molecule has 0 fully saturated rings. The van der Waals surface area contributed by atoms with Gasteiger partial charge in [0.05, 0.1) is 7.11 Å². The second-order valence-electron chi connectivity index (χ2n) is 1.98. The monoisotopic (exact) mass is 135 g/mol. The Morgan fingerprint density at radius 2 is 2.30 bits per heavy atom. The largest absolute Gasteiger partial charge is 0.497 e. The van der Waals surface area contributed by atoms with E-state index in [2.05, 4.69) is 5.23 Å². The molecule has 0 saturated heterocycles. The van der Waals surface area contributed by atoms with Crippen LogP contribution in [0.5, 0.6) is 5.75 Å². The van der Waals surface area contributed by atoms with Crippen LogP contribution in [0.1, 0.15) is 0 Å². The summed E-state index contributed by atoms with van der Waals surface area (Å²) in [6.45, 7) is 0. The molecule has 2 nitrogen and oxygen atoms in total. The smallest absolute Gasteiger partial charge is 0.213 e. The summed E-state index contributed by atoms with van der Waals surface area (Å²) in [5.41, 5.74) is 1.07. The molecule has 1 rings (SSSR count). The number of hydrogen-bond acceptors (Lipinski definition) is 2. The fourth-order valence-corrected chi connectivity index (χ4v) is 0.779. The summed E-state index contributed by atoms with van der Waals surface area (Å²) in [6.07, 6.45) is 0. The zero-order valence-electron chi connectivity index (χ0n) is 6.22. The molecule has 0 aliphatic heterocycles. The first-order valence-electron chi connectivity index (χ1n) is 3.18. The van der Waals surface area contributed by atoms with Gasteiger partial charge in [-0.3, -0.25) is 0 Å². The zero-order chi connectivity index (χ0) is 7.40. The lowest BCUT2D eigenvalue weighted by Crippen LogP contribution is -1.90. The molecule has 0 amide bonds. The zero-order valence-corrected chi connectivity index (χ0v) is 6.22. The van der Waals surface area contributed by atoms with Gasteiger partial charge in [-0.05, 0) is 12.1 Å². The molecule has 0 heterocycles. The van der Waals surface area contributed by atoms with Gasteiger partial charge in [0.15, 0.2) is 0 Å². The van der Waals surface area contributed by atoms with Crippen LogP contribution in [0, 0.1) is 0 Å². The van der Waals surface area contributed by atoms with E-state index in [1.807, 2.05) is 32.2 Å². The van der Waals surface area contributed by atoms with Crippen molar-refractivity contribution in [1.82, 2.24) is 0 Å². The van der Waals surface area contributed by atoms with E-state index in [0.717, 1.165) is 11.4 Å². The first kappa shape index (κ1) is 7.00. The Morgan fingerprint density at radius 1 is 1.50 bits per heavy atom. The molecule has 1 aromatic rings. The van der Waals surface area contributed by atoms with Gasteiger partial charge in [-0.15, -0.1) is 0 Å². The molecule has 0 spiro atoms. The van der Waals surface area contributed by atoms with Crippen LogP contribution in [0.3, 0.4) is 0 Å². The summed E-state index contributed by atoms with van der Waals surface area (Å²) >= 11 is 0. The minimum Gasteiger partial charge on any atom is -0.497 e. The van der Waals surface area contributed by atoms with Gasteiger partial charge in [-0.25, -0.2) is 0 Å². The fourth-order valence-electron chi connectivity index (χ4n) is 0.779. The summed E-state index contributed by atoms with van der Waals surface area (Å²) in [5, 5.41) is 3.02. The van der Waals surface area contributed by atoms with E-state index >= 15 is 0 Å². The summed E-state index contributed by atoms with van der Waals surface area (Å²) in [7, 11) is 3.55. The maximum Gasteiger partial charge on any atom is 0.213 e. The minimum absolute atomic E-state index is 0.881. The van der Waals surface area contributed by atoms with E-state index in [0.29, 0.717) is 0 Å². The van der Waals surface area contributed by atoms with Crippen molar-refractivity contribution in [3.8, 4) is 5.75 Å². The Bertz CT molecular complexity index is 195. The van der Waals surface area contributed by atoms with Crippen molar-refractivity contribution < 1.29 is 4.74 Å². The van der Waals surface area contributed by atoms with Gasteiger partial charge >= 0.3 is 0 Å². The van der Waals surface area contributed by atoms with Gasteiger partial charge in [0.25, 0.3) is 0 Å². The average molecular weight is 135 g/mol. The van der Waals surface area contributed by atoms with Gasteiger partial charge in [-0.1, -0.05) is 6.07 Å². The third-order valence-electron chi connectivity index (χ3n) is 1.36.